The summed E-state index contributed by atoms with van der Waals surface area (Å²) in [6, 6.07) is 6.94. The monoisotopic (exact) mass is 1190 g/mol. The van der Waals surface area contributed by atoms with Gasteiger partial charge < -0.3 is 10.1 Å². The Morgan fingerprint density at radius 2 is 0.691 bits per heavy atom. The smallest absolute Gasteiger partial charge is 0.262 e. The Labute approximate surface area is 514 Å². The normalized spacial score (nSPS) is 14.0. The van der Waals surface area contributed by atoms with Crippen LogP contribution in [0.4, 0.5) is 0 Å². The minimum atomic E-state index is -3.01. The standard InChI is InChI=1S/C12H13NO2.C9H18O.C9H20.C8H19N.C8H18O2S.C8H18O.C8H18S.C5H12.C4H10/c1-12(2,3)13-10(14)8-6-4-5-7-9(8)11(13)15;1-8(2,3)7(10)9(4,5)6;1-8(2,3)7-9(4,5)6;1-7(2,3)9-8(4,5)6;1-7(2,3)11(9,10)8(4,5)6;2*1-7(2,3)9-8(4,5)6;1-5(2,3)4;1-4(2)3/h4-7H,1-3H3;1-6H3;7H2,1-6H3;9H,1-6H3;1-6H3;2*1-6H3;1-4H3;4H,1-3H3. The molecule has 81 heavy (non-hydrogen) atoms. The zero-order valence-corrected chi connectivity index (χ0v) is 64.9. The van der Waals surface area contributed by atoms with Crippen LogP contribution in [-0.4, -0.2) is 77.7 Å². The van der Waals surface area contributed by atoms with Crippen molar-refractivity contribution < 1.29 is 27.5 Å². The second-order valence-electron chi connectivity index (χ2n) is 37.5. The van der Waals surface area contributed by atoms with E-state index in [2.05, 4.69) is 220 Å². The van der Waals surface area contributed by atoms with E-state index in [1.807, 2.05) is 74.1 Å². The molecule has 0 radical (unpaired) electrons. The molecule has 0 saturated heterocycles. The van der Waals surface area contributed by atoms with Gasteiger partial charge in [-0.3, -0.25) is 19.3 Å². The fourth-order valence-electron chi connectivity index (χ4n) is 8.40. The van der Waals surface area contributed by atoms with Crippen LogP contribution in [0.15, 0.2) is 24.3 Å². The second kappa shape index (κ2) is 34.0. The van der Waals surface area contributed by atoms with Gasteiger partial charge in [-0.05, 0) is 186 Å². The van der Waals surface area contributed by atoms with Crippen LogP contribution in [0.1, 0.15) is 346 Å². The van der Waals surface area contributed by atoms with Crippen LogP contribution in [0.2, 0.25) is 0 Å². The lowest BCUT2D eigenvalue weighted by atomic mass is 9.76. The minimum Gasteiger partial charge on any atom is -0.370 e. The summed E-state index contributed by atoms with van der Waals surface area (Å²) >= 11 is 2.01. The molecule has 1 aromatic carbocycles. The van der Waals surface area contributed by atoms with Gasteiger partial charge in [0, 0.05) is 36.9 Å². The molecule has 1 heterocycles. The average Bonchev–Trinajstić information content (AvgIpc) is 3.30. The minimum absolute atomic E-state index is 0.0156. The van der Waals surface area contributed by atoms with E-state index in [1.165, 1.54) is 11.3 Å². The number of Topliss-reactive ketones (excluding diaryl/α,β-unsaturated/α-hetero) is 1. The van der Waals surface area contributed by atoms with Gasteiger partial charge >= 0.3 is 0 Å². The molecule has 1 aromatic rings. The third kappa shape index (κ3) is 62.6. The lowest BCUT2D eigenvalue weighted by Crippen LogP contribution is -2.48. The van der Waals surface area contributed by atoms with Crippen molar-refractivity contribution in [1.82, 2.24) is 10.2 Å². The number of sulfone groups is 1. The van der Waals surface area contributed by atoms with Crippen LogP contribution in [0, 0.1) is 33.0 Å². The summed E-state index contributed by atoms with van der Waals surface area (Å²) in [6.07, 6.45) is 1.29. The van der Waals surface area contributed by atoms with Crippen LogP contribution in [0.5, 0.6) is 0 Å². The fraction of sp³-hybridized carbons (Fsp3) is 0.873. The molecular weight excluding hydrogens is 1040 g/mol. The Kier molecular flexibility index (Phi) is 39.0. The van der Waals surface area contributed by atoms with E-state index in [9.17, 15) is 22.8 Å². The van der Waals surface area contributed by atoms with E-state index in [0.717, 1.165) is 5.92 Å². The van der Waals surface area contributed by atoms with Crippen LogP contribution in [0.25, 0.3) is 0 Å². The number of imide groups is 1. The van der Waals surface area contributed by atoms with Gasteiger partial charge in [0.25, 0.3) is 11.8 Å². The first-order chi connectivity index (χ1) is 34.1. The van der Waals surface area contributed by atoms with Gasteiger partial charge in [0.2, 0.25) is 0 Å². The molecule has 0 fully saturated rings. The first-order valence-electron chi connectivity index (χ1n) is 30.1. The number of hydrogen-bond acceptors (Lipinski definition) is 8. The number of carbonyl (C=O) groups excluding carboxylic acids is 3. The van der Waals surface area contributed by atoms with Gasteiger partial charge in [-0.2, -0.15) is 11.8 Å². The highest BCUT2D eigenvalue weighted by molar-refractivity contribution is 8.01. The highest BCUT2D eigenvalue weighted by atomic mass is 32.2. The predicted octanol–water partition coefficient (Wildman–Crippen LogP) is 22.0. The zero-order valence-electron chi connectivity index (χ0n) is 63.3. The third-order valence-electron chi connectivity index (χ3n) is 8.48. The molecule has 0 aliphatic carbocycles. The number of amides is 2. The summed E-state index contributed by atoms with van der Waals surface area (Å²) in [5.41, 5.74) is 2.07. The Hall–Kier alpha value is -1.75. The van der Waals surface area contributed by atoms with E-state index >= 15 is 0 Å². The molecule has 8 nitrogen and oxygen atoms in total. The van der Waals surface area contributed by atoms with Crippen molar-refractivity contribution in [3.8, 4) is 0 Å². The summed E-state index contributed by atoms with van der Waals surface area (Å²) in [5.74, 6) is 0.770. The molecule has 0 spiro atoms. The van der Waals surface area contributed by atoms with Crippen molar-refractivity contribution in [2.75, 3.05) is 0 Å². The molecule has 0 unspecified atom stereocenters. The van der Waals surface area contributed by atoms with Gasteiger partial charge in [-0.1, -0.05) is 185 Å². The van der Waals surface area contributed by atoms with Crippen molar-refractivity contribution in [2.24, 2.45) is 33.0 Å². The number of hydrogen-bond donors (Lipinski definition) is 1. The Bertz CT molecular complexity index is 1780. The number of benzene rings is 1. The van der Waals surface area contributed by atoms with E-state index in [1.54, 1.807) is 65.8 Å². The molecule has 1 aliphatic heterocycles. The topological polar surface area (TPSA) is 110 Å². The number of ether oxygens (including phenoxy) is 1. The predicted molar refractivity (Wildman–Crippen MR) is 369 cm³/mol. The van der Waals surface area contributed by atoms with Crippen molar-refractivity contribution in [3.63, 3.8) is 0 Å². The van der Waals surface area contributed by atoms with Gasteiger partial charge in [0.15, 0.2) is 9.84 Å². The van der Waals surface area contributed by atoms with Crippen molar-refractivity contribution in [1.29, 1.82) is 0 Å². The van der Waals surface area contributed by atoms with Crippen LogP contribution in [0.3, 0.4) is 0 Å². The number of carbonyl (C=O) groups is 3. The maximum Gasteiger partial charge on any atom is 0.262 e. The van der Waals surface area contributed by atoms with Gasteiger partial charge in [0.05, 0.1) is 31.8 Å². The third-order valence-corrected chi connectivity index (χ3v) is 12.9. The van der Waals surface area contributed by atoms with Gasteiger partial charge in [0.1, 0.15) is 5.78 Å². The highest BCUT2D eigenvalue weighted by Gasteiger charge is 2.42. The number of fused-ring (bicyclic) bond motifs is 1. The quantitative estimate of drug-likeness (QED) is 0.256. The number of nitrogens with zero attached hydrogens (tertiary/aromatic N) is 1. The number of ketones is 1. The maximum atomic E-state index is 12.0. The Balaban J connectivity index is -0.000000155. The van der Waals surface area contributed by atoms with E-state index in [0.29, 0.717) is 42.6 Å². The van der Waals surface area contributed by atoms with E-state index in [-0.39, 0.29) is 44.9 Å². The lowest BCUT2D eigenvalue weighted by Gasteiger charge is -2.31. The highest BCUT2D eigenvalue weighted by Crippen LogP contribution is 2.36. The molecule has 0 atom stereocenters. The van der Waals surface area contributed by atoms with E-state index < -0.39 is 24.9 Å². The SMILES string of the molecule is CC(C)(C)C.CC(C)(C)C(=O)C(C)(C)C.CC(C)(C)CC(C)(C)C.CC(C)(C)N1C(=O)c2ccccc2C1=O.CC(C)(C)NC(C)(C)C.CC(C)(C)OC(C)(C)C.CC(C)(C)S(=O)(=O)C(C)(C)C.CC(C)(C)SC(C)(C)C.CC(C)C. The zero-order chi connectivity index (χ0) is 68.2. The molecule has 0 bridgehead atoms. The molecule has 1 aliphatic rings. The molecule has 0 saturated carbocycles. The molecule has 0 aromatic heterocycles. The lowest BCUT2D eigenvalue weighted by molar-refractivity contribution is -0.134. The summed E-state index contributed by atoms with van der Waals surface area (Å²) in [6.45, 7) is 95.7. The molecular formula is C71H146N2O6S2. The van der Waals surface area contributed by atoms with Crippen LogP contribution >= 0.6 is 11.8 Å². The largest absolute Gasteiger partial charge is 0.370 e. The van der Waals surface area contributed by atoms with Crippen molar-refractivity contribution >= 4 is 39.2 Å². The van der Waals surface area contributed by atoms with Gasteiger partial charge in [-0.25, -0.2) is 8.42 Å². The fourth-order valence-corrected chi connectivity index (χ4v) is 12.1. The van der Waals surface area contributed by atoms with Crippen LogP contribution < -0.4 is 5.32 Å². The summed E-state index contributed by atoms with van der Waals surface area (Å²) < 4.78 is 28.5. The average molecular weight is 1190 g/mol. The number of nitrogens with one attached hydrogen (secondary N) is 1. The Morgan fingerprint density at radius 3 is 0.753 bits per heavy atom. The molecule has 2 amide bonds. The van der Waals surface area contributed by atoms with Crippen LogP contribution in [-0.2, 0) is 19.4 Å². The maximum absolute atomic E-state index is 12.0. The van der Waals surface area contributed by atoms with Crippen molar-refractivity contribution in [2.45, 2.75) is 372 Å². The Morgan fingerprint density at radius 1 is 0.469 bits per heavy atom. The summed E-state index contributed by atoms with van der Waals surface area (Å²) in [7, 11) is -3.01. The van der Waals surface area contributed by atoms with Crippen molar-refractivity contribution in [3.05, 3.63) is 35.4 Å². The first-order valence-corrected chi connectivity index (χ1v) is 32.4. The van der Waals surface area contributed by atoms with E-state index in [4.69, 9.17) is 4.74 Å². The molecule has 10 heteroatoms. The molecule has 488 valence electrons. The molecule has 1 N–H and O–H groups in total. The summed E-state index contributed by atoms with van der Waals surface area (Å²) in [5, 5.41) is 3.46. The van der Waals surface area contributed by atoms with Gasteiger partial charge in [-0.15, -0.1) is 0 Å². The number of rotatable bonds is 0. The number of thioether (sulfide) groups is 1. The second-order valence-corrected chi connectivity index (χ2v) is 43.6. The first kappa shape index (κ1) is 93.0. The molecule has 2 rings (SSSR count). The summed E-state index contributed by atoms with van der Waals surface area (Å²) in [4.78, 5) is 36.7.